The molecule has 0 unspecified atom stereocenters. The van der Waals surface area contributed by atoms with Crippen molar-refractivity contribution in [3.63, 3.8) is 0 Å². The molecule has 1 heterocycles. The van der Waals surface area contributed by atoms with Gasteiger partial charge in [-0.05, 0) is 18.2 Å². The molecule has 0 saturated heterocycles. The summed E-state index contributed by atoms with van der Waals surface area (Å²) < 4.78 is 50.6. The number of halogens is 4. The number of carbonyl (C=O) groups excluding carboxylic acids is 1. The van der Waals surface area contributed by atoms with Gasteiger partial charge in [-0.3, -0.25) is 4.79 Å². The molecule has 0 spiro atoms. The van der Waals surface area contributed by atoms with Crippen LogP contribution < -0.4 is 11.2 Å². The fraction of sp³-hybridized carbons (Fsp3) is 0.182. The summed E-state index contributed by atoms with van der Waals surface area (Å²) >= 11 is 0.674. The van der Waals surface area contributed by atoms with Gasteiger partial charge in [0.2, 0.25) is 11.1 Å². The molecule has 0 aliphatic carbocycles. The number of thioether (sulfide) groups is 1. The second-order valence-corrected chi connectivity index (χ2v) is 4.96. The molecule has 0 atom stereocenters. The Kier molecular flexibility index (Phi) is 4.54. The second-order valence-electron chi connectivity index (χ2n) is 4.02. The zero-order valence-electron chi connectivity index (χ0n) is 10.8. The number of nitrogens with one attached hydrogen (secondary N) is 1. The number of rotatable bonds is 4. The van der Waals surface area contributed by atoms with Gasteiger partial charge in [-0.15, -0.1) is 10.2 Å². The number of carbonyl (C=O) groups is 1. The molecular formula is C11H9F4N5OS. The Hall–Kier alpha value is -2.30. The molecule has 0 bridgehead atoms. The third-order valence-electron chi connectivity index (χ3n) is 2.36. The van der Waals surface area contributed by atoms with Crippen molar-refractivity contribution in [2.24, 2.45) is 0 Å². The zero-order valence-corrected chi connectivity index (χ0v) is 11.6. The summed E-state index contributed by atoms with van der Waals surface area (Å²) in [7, 11) is 0. The van der Waals surface area contributed by atoms with Crippen LogP contribution >= 0.6 is 11.8 Å². The lowest BCUT2D eigenvalue weighted by Crippen LogP contribution is -2.22. The average Bonchev–Trinajstić information content (AvgIpc) is 2.77. The standard InChI is InChI=1S/C11H9F4N5OS/c12-6-2-1-3-7(4-6)17-8(21)5-22-10-19-18-9(20(10)16)11(13,14)15/h1-4H,5,16H2,(H,17,21). The molecule has 0 aliphatic rings. The highest BCUT2D eigenvalue weighted by atomic mass is 32.2. The molecule has 11 heteroatoms. The van der Waals surface area contributed by atoms with E-state index in [0.29, 0.717) is 11.8 Å². The number of nitrogens with two attached hydrogens (primary N) is 1. The van der Waals surface area contributed by atoms with Crippen molar-refractivity contribution in [2.45, 2.75) is 11.3 Å². The highest BCUT2D eigenvalue weighted by molar-refractivity contribution is 7.99. The van der Waals surface area contributed by atoms with Crippen molar-refractivity contribution in [1.82, 2.24) is 14.9 Å². The molecule has 0 fully saturated rings. The van der Waals surface area contributed by atoms with Gasteiger partial charge >= 0.3 is 6.18 Å². The van der Waals surface area contributed by atoms with E-state index in [1.807, 2.05) is 0 Å². The SMILES string of the molecule is Nn1c(SCC(=O)Nc2cccc(F)c2)nnc1C(F)(F)F. The summed E-state index contributed by atoms with van der Waals surface area (Å²) in [6.45, 7) is 0. The Labute approximate surface area is 125 Å². The van der Waals surface area contributed by atoms with Crippen LogP contribution in [0.4, 0.5) is 23.2 Å². The van der Waals surface area contributed by atoms with Crippen LogP contribution in [0.1, 0.15) is 5.82 Å². The monoisotopic (exact) mass is 335 g/mol. The van der Waals surface area contributed by atoms with Crippen molar-refractivity contribution in [1.29, 1.82) is 0 Å². The molecule has 3 N–H and O–H groups in total. The first-order chi connectivity index (χ1) is 10.3. The van der Waals surface area contributed by atoms with Crippen LogP contribution in [0.5, 0.6) is 0 Å². The Morgan fingerprint density at radius 1 is 1.36 bits per heavy atom. The Balaban J connectivity index is 1.96. The van der Waals surface area contributed by atoms with Gasteiger partial charge in [-0.2, -0.15) is 13.2 Å². The minimum absolute atomic E-state index is 0.232. The van der Waals surface area contributed by atoms with E-state index in [0.717, 1.165) is 6.07 Å². The van der Waals surface area contributed by atoms with Gasteiger partial charge in [0.15, 0.2) is 0 Å². The smallest absolute Gasteiger partial charge is 0.335 e. The van der Waals surface area contributed by atoms with E-state index < -0.39 is 23.7 Å². The van der Waals surface area contributed by atoms with Crippen LogP contribution in [0.2, 0.25) is 0 Å². The Morgan fingerprint density at radius 3 is 2.68 bits per heavy atom. The van der Waals surface area contributed by atoms with Gasteiger partial charge in [0.25, 0.3) is 5.82 Å². The van der Waals surface area contributed by atoms with E-state index in [-0.39, 0.29) is 21.3 Å². The highest BCUT2D eigenvalue weighted by Gasteiger charge is 2.38. The fourth-order valence-corrected chi connectivity index (χ4v) is 2.12. The fourth-order valence-electron chi connectivity index (χ4n) is 1.46. The van der Waals surface area contributed by atoms with Crippen molar-refractivity contribution >= 4 is 23.4 Å². The number of nitrogen functional groups attached to an aromatic ring is 1. The number of alkyl halides is 3. The predicted octanol–water partition coefficient (Wildman–Crippen LogP) is 1.88. The lowest BCUT2D eigenvalue weighted by Gasteiger charge is -2.06. The Morgan fingerprint density at radius 2 is 2.09 bits per heavy atom. The molecule has 0 radical (unpaired) electrons. The molecular weight excluding hydrogens is 326 g/mol. The number of aromatic nitrogens is 3. The molecule has 1 aromatic heterocycles. The first-order valence-corrected chi connectivity index (χ1v) is 6.72. The largest absolute Gasteiger partial charge is 0.453 e. The molecule has 1 aromatic carbocycles. The van der Waals surface area contributed by atoms with Gasteiger partial charge in [0, 0.05) is 5.69 Å². The molecule has 2 aromatic rings. The van der Waals surface area contributed by atoms with Crippen LogP contribution in [0.15, 0.2) is 29.4 Å². The number of hydrogen-bond acceptors (Lipinski definition) is 5. The summed E-state index contributed by atoms with van der Waals surface area (Å²) in [6.07, 6.45) is -4.73. The lowest BCUT2D eigenvalue weighted by atomic mass is 10.3. The number of hydrogen-bond donors (Lipinski definition) is 2. The van der Waals surface area contributed by atoms with Gasteiger partial charge in [-0.1, -0.05) is 17.8 Å². The molecule has 2 rings (SSSR count). The average molecular weight is 335 g/mol. The highest BCUT2D eigenvalue weighted by Crippen LogP contribution is 2.28. The van der Waals surface area contributed by atoms with Gasteiger partial charge in [-0.25, -0.2) is 9.07 Å². The van der Waals surface area contributed by atoms with Crippen LogP contribution in [-0.2, 0) is 11.0 Å². The molecule has 1 amide bonds. The molecule has 22 heavy (non-hydrogen) atoms. The molecule has 0 aliphatic heterocycles. The van der Waals surface area contributed by atoms with Crippen molar-refractivity contribution < 1.29 is 22.4 Å². The minimum Gasteiger partial charge on any atom is -0.335 e. The molecule has 118 valence electrons. The topological polar surface area (TPSA) is 85.8 Å². The van der Waals surface area contributed by atoms with E-state index in [1.165, 1.54) is 18.2 Å². The van der Waals surface area contributed by atoms with Crippen molar-refractivity contribution in [2.75, 3.05) is 16.9 Å². The van der Waals surface area contributed by atoms with E-state index >= 15 is 0 Å². The van der Waals surface area contributed by atoms with E-state index in [1.54, 1.807) is 0 Å². The normalized spacial score (nSPS) is 11.5. The van der Waals surface area contributed by atoms with E-state index in [9.17, 15) is 22.4 Å². The minimum atomic E-state index is -4.73. The van der Waals surface area contributed by atoms with Gasteiger partial charge in [0.05, 0.1) is 5.75 Å². The number of nitrogens with zero attached hydrogens (tertiary/aromatic N) is 3. The maximum absolute atomic E-state index is 12.9. The number of amides is 1. The number of anilines is 1. The maximum Gasteiger partial charge on any atom is 0.453 e. The first kappa shape index (κ1) is 16.1. The summed E-state index contributed by atoms with van der Waals surface area (Å²) in [5.74, 6) is 2.52. The lowest BCUT2D eigenvalue weighted by molar-refractivity contribution is -0.146. The van der Waals surface area contributed by atoms with Crippen molar-refractivity contribution in [3.8, 4) is 0 Å². The van der Waals surface area contributed by atoms with Crippen molar-refractivity contribution in [3.05, 3.63) is 35.9 Å². The molecule has 6 nitrogen and oxygen atoms in total. The first-order valence-electron chi connectivity index (χ1n) is 5.73. The maximum atomic E-state index is 12.9. The van der Waals surface area contributed by atoms with Crippen LogP contribution in [0, 0.1) is 5.82 Å². The predicted molar refractivity (Wildman–Crippen MR) is 70.9 cm³/mol. The summed E-state index contributed by atoms with van der Waals surface area (Å²) in [6, 6.07) is 5.19. The van der Waals surface area contributed by atoms with Crippen LogP contribution in [0.3, 0.4) is 0 Å². The third kappa shape index (κ3) is 3.87. The second kappa shape index (κ2) is 6.22. The molecule has 0 saturated carbocycles. The van der Waals surface area contributed by atoms with Crippen LogP contribution in [-0.4, -0.2) is 26.5 Å². The summed E-state index contributed by atoms with van der Waals surface area (Å²) in [5, 5.41) is 8.31. The quantitative estimate of drug-likeness (QED) is 0.506. The van der Waals surface area contributed by atoms with E-state index in [4.69, 9.17) is 5.84 Å². The summed E-state index contributed by atoms with van der Waals surface area (Å²) in [4.78, 5) is 11.6. The summed E-state index contributed by atoms with van der Waals surface area (Å²) in [5.41, 5.74) is 0.232. The number of benzene rings is 1. The van der Waals surface area contributed by atoms with Gasteiger partial charge < -0.3 is 11.2 Å². The van der Waals surface area contributed by atoms with Crippen LogP contribution in [0.25, 0.3) is 0 Å². The third-order valence-corrected chi connectivity index (χ3v) is 3.30. The zero-order chi connectivity index (χ0) is 16.3. The van der Waals surface area contributed by atoms with E-state index in [2.05, 4.69) is 15.5 Å². The Bertz CT molecular complexity index is 687. The van der Waals surface area contributed by atoms with Gasteiger partial charge in [0.1, 0.15) is 5.82 Å².